The average Bonchev–Trinajstić information content (AvgIpc) is 2.78. The summed E-state index contributed by atoms with van der Waals surface area (Å²) in [4.78, 5) is 2.34. The Labute approximate surface area is 206 Å². The molecule has 0 saturated heterocycles. The second kappa shape index (κ2) is 14.0. The molecule has 0 aliphatic carbocycles. The monoisotopic (exact) mass is 493 g/mol. The third-order valence-electron chi connectivity index (χ3n) is 7.61. The summed E-state index contributed by atoms with van der Waals surface area (Å²) < 4.78 is 13.0. The fourth-order valence-corrected chi connectivity index (χ4v) is 7.30. The van der Waals surface area contributed by atoms with Crippen LogP contribution in [0.15, 0.2) is 42.0 Å². The van der Waals surface area contributed by atoms with Crippen LogP contribution < -0.4 is 0 Å². The van der Waals surface area contributed by atoms with E-state index < -0.39 is 16.6 Å². The van der Waals surface area contributed by atoms with Crippen LogP contribution in [0.2, 0.25) is 36.3 Å². The number of nitrogens with zero attached hydrogens (tertiary/aromatic N) is 1. The first kappa shape index (κ1) is 30.3. The fourth-order valence-electron chi connectivity index (χ4n) is 3.61. The Morgan fingerprint density at radius 3 is 2.09 bits per heavy atom. The Morgan fingerprint density at radius 1 is 1.03 bits per heavy atom. The van der Waals surface area contributed by atoms with Crippen molar-refractivity contribution in [3.8, 4) is 0 Å². The molecular formula is C27H51NO3Si2. The number of hydrogen-bond donors (Lipinski definition) is 1. The zero-order chi connectivity index (χ0) is 25.1. The van der Waals surface area contributed by atoms with Gasteiger partial charge in [0.25, 0.3) is 0 Å². The minimum atomic E-state index is -1.88. The molecule has 0 saturated carbocycles. The SMILES string of the molecule is CC[Si](CC)(CC)OC/C(C)=C/CN(Cc1ccccc1)C(CO)CO[Si](C)(C)C(C)(C)C. The maximum Gasteiger partial charge on any atom is 0.192 e. The standard InChI is InChI=1S/C27H51NO3Si2/c1-10-33(11-2,12-3)31-22-24(4)18-19-28(20-25-16-14-13-15-17-25)26(21-29)23-30-32(8,9)27(5,6)7/h13-18,26,29H,10-12,19-23H2,1-9H3/b24-18+. The molecule has 1 unspecified atom stereocenters. The molecule has 0 bridgehead atoms. The largest absolute Gasteiger partial charge is 0.415 e. The Morgan fingerprint density at radius 2 is 1.61 bits per heavy atom. The van der Waals surface area contributed by atoms with Crippen LogP contribution in [0.3, 0.4) is 0 Å². The van der Waals surface area contributed by atoms with Gasteiger partial charge in [-0.2, -0.15) is 0 Å². The number of benzene rings is 1. The van der Waals surface area contributed by atoms with Gasteiger partial charge in [-0.15, -0.1) is 0 Å². The molecule has 0 spiro atoms. The van der Waals surface area contributed by atoms with Crippen LogP contribution in [0, 0.1) is 0 Å². The minimum absolute atomic E-state index is 0.0420. The van der Waals surface area contributed by atoms with Crippen molar-refractivity contribution in [2.24, 2.45) is 0 Å². The van der Waals surface area contributed by atoms with Gasteiger partial charge in [0.1, 0.15) is 0 Å². The second-order valence-electron chi connectivity index (χ2n) is 10.9. The van der Waals surface area contributed by atoms with Gasteiger partial charge in [-0.05, 0) is 48.8 Å². The molecule has 0 aliphatic heterocycles. The van der Waals surface area contributed by atoms with Crippen molar-refractivity contribution in [2.45, 2.75) is 97.3 Å². The zero-order valence-electron chi connectivity index (χ0n) is 22.9. The van der Waals surface area contributed by atoms with Crippen molar-refractivity contribution in [1.29, 1.82) is 0 Å². The van der Waals surface area contributed by atoms with Crippen molar-refractivity contribution >= 4 is 16.6 Å². The van der Waals surface area contributed by atoms with Gasteiger partial charge in [0.05, 0.1) is 25.9 Å². The van der Waals surface area contributed by atoms with E-state index in [1.54, 1.807) is 0 Å². The highest BCUT2D eigenvalue weighted by molar-refractivity contribution is 6.74. The summed E-state index contributed by atoms with van der Waals surface area (Å²) in [5.41, 5.74) is 2.52. The van der Waals surface area contributed by atoms with Gasteiger partial charge in [-0.3, -0.25) is 4.90 Å². The summed E-state index contributed by atoms with van der Waals surface area (Å²) in [5.74, 6) is 0. The predicted molar refractivity (Wildman–Crippen MR) is 148 cm³/mol. The molecule has 1 aromatic rings. The molecule has 0 aliphatic rings. The van der Waals surface area contributed by atoms with Gasteiger partial charge in [-0.1, -0.05) is 83.5 Å². The smallest absolute Gasteiger partial charge is 0.192 e. The lowest BCUT2D eigenvalue weighted by molar-refractivity contribution is 0.0803. The highest BCUT2D eigenvalue weighted by atomic mass is 28.4. The van der Waals surface area contributed by atoms with E-state index in [1.807, 2.05) is 6.07 Å². The zero-order valence-corrected chi connectivity index (χ0v) is 24.9. The van der Waals surface area contributed by atoms with Gasteiger partial charge < -0.3 is 14.0 Å². The summed E-state index contributed by atoms with van der Waals surface area (Å²) in [6.45, 7) is 23.2. The van der Waals surface area contributed by atoms with Crippen molar-refractivity contribution in [3.05, 3.63) is 47.5 Å². The maximum atomic E-state index is 10.3. The molecule has 33 heavy (non-hydrogen) atoms. The van der Waals surface area contributed by atoms with Crippen molar-refractivity contribution < 1.29 is 14.0 Å². The Bertz CT molecular complexity index is 689. The van der Waals surface area contributed by atoms with Crippen LogP contribution in [-0.2, 0) is 15.4 Å². The highest BCUT2D eigenvalue weighted by Gasteiger charge is 2.38. The Balaban J connectivity index is 2.95. The van der Waals surface area contributed by atoms with Gasteiger partial charge in [0.15, 0.2) is 16.6 Å². The summed E-state index contributed by atoms with van der Waals surface area (Å²) in [7, 11) is -3.47. The predicted octanol–water partition coefficient (Wildman–Crippen LogP) is 6.84. The number of rotatable bonds is 15. The normalized spacial score (nSPS) is 14.7. The van der Waals surface area contributed by atoms with E-state index >= 15 is 0 Å². The van der Waals surface area contributed by atoms with Crippen LogP contribution in [0.5, 0.6) is 0 Å². The molecule has 1 N–H and O–H groups in total. The van der Waals surface area contributed by atoms with Crippen LogP contribution in [0.4, 0.5) is 0 Å². The number of aliphatic hydroxyl groups is 1. The van der Waals surface area contributed by atoms with Gasteiger partial charge in [0.2, 0.25) is 0 Å². The van der Waals surface area contributed by atoms with Crippen molar-refractivity contribution in [2.75, 3.05) is 26.4 Å². The number of aliphatic hydroxyl groups excluding tert-OH is 1. The van der Waals surface area contributed by atoms with E-state index in [0.29, 0.717) is 13.2 Å². The van der Waals surface area contributed by atoms with E-state index in [2.05, 4.69) is 96.8 Å². The van der Waals surface area contributed by atoms with E-state index in [1.165, 1.54) is 29.3 Å². The lowest BCUT2D eigenvalue weighted by atomic mass is 10.1. The molecular weight excluding hydrogens is 442 g/mol. The molecule has 0 aromatic heterocycles. The van der Waals surface area contributed by atoms with E-state index in [9.17, 15) is 5.11 Å². The quantitative estimate of drug-likeness (QED) is 0.214. The Hall–Kier alpha value is -0.766. The topological polar surface area (TPSA) is 41.9 Å². The second-order valence-corrected chi connectivity index (χ2v) is 20.5. The van der Waals surface area contributed by atoms with E-state index in [0.717, 1.165) is 13.1 Å². The van der Waals surface area contributed by atoms with Gasteiger partial charge in [0, 0.05) is 13.1 Å². The molecule has 0 fully saturated rings. The molecule has 190 valence electrons. The summed E-state index contributed by atoms with van der Waals surface area (Å²) >= 11 is 0. The third-order valence-corrected chi connectivity index (χ3v) is 16.7. The third kappa shape index (κ3) is 9.78. The van der Waals surface area contributed by atoms with Crippen LogP contribution in [0.1, 0.15) is 54.0 Å². The van der Waals surface area contributed by atoms with Gasteiger partial charge in [-0.25, -0.2) is 0 Å². The van der Waals surface area contributed by atoms with Gasteiger partial charge >= 0.3 is 0 Å². The molecule has 4 nitrogen and oxygen atoms in total. The first-order valence-electron chi connectivity index (χ1n) is 12.8. The molecule has 1 atom stereocenters. The van der Waals surface area contributed by atoms with Crippen LogP contribution in [0.25, 0.3) is 0 Å². The molecule has 1 rings (SSSR count). The first-order valence-corrected chi connectivity index (χ1v) is 18.2. The lowest BCUT2D eigenvalue weighted by Gasteiger charge is -2.39. The molecule has 0 heterocycles. The Kier molecular flexibility index (Phi) is 12.8. The molecule has 6 heteroatoms. The van der Waals surface area contributed by atoms with Crippen molar-refractivity contribution in [1.82, 2.24) is 4.90 Å². The van der Waals surface area contributed by atoms with Crippen LogP contribution in [-0.4, -0.2) is 59.0 Å². The first-order chi connectivity index (χ1) is 15.4. The molecule has 0 radical (unpaired) electrons. The summed E-state index contributed by atoms with van der Waals surface area (Å²) in [6.07, 6.45) is 2.28. The highest BCUT2D eigenvalue weighted by Crippen LogP contribution is 2.36. The van der Waals surface area contributed by atoms with Crippen molar-refractivity contribution in [3.63, 3.8) is 0 Å². The summed E-state index contributed by atoms with van der Waals surface area (Å²) in [5, 5.41) is 10.5. The fraction of sp³-hybridized carbons (Fsp3) is 0.704. The van der Waals surface area contributed by atoms with E-state index in [-0.39, 0.29) is 17.7 Å². The van der Waals surface area contributed by atoms with Crippen LogP contribution >= 0.6 is 0 Å². The summed E-state index contributed by atoms with van der Waals surface area (Å²) in [6, 6.07) is 14.0. The molecule has 1 aromatic carbocycles. The van der Waals surface area contributed by atoms with E-state index in [4.69, 9.17) is 8.85 Å². The average molecular weight is 494 g/mol. The molecule has 0 amide bonds. The number of hydrogen-bond acceptors (Lipinski definition) is 4. The lowest BCUT2D eigenvalue weighted by Crippen LogP contribution is -2.47. The minimum Gasteiger partial charge on any atom is -0.415 e. The maximum absolute atomic E-state index is 10.3.